The minimum Gasteiger partial charge on any atom is -0.358 e. The maximum atomic E-state index is 11.5. The topological polar surface area (TPSA) is 58.2 Å². The van der Waals surface area contributed by atoms with E-state index in [4.69, 9.17) is 11.6 Å². The maximum absolute atomic E-state index is 11.5. The van der Waals surface area contributed by atoms with E-state index in [0.29, 0.717) is 9.90 Å². The van der Waals surface area contributed by atoms with Gasteiger partial charge in [-0.25, -0.2) is 0 Å². The summed E-state index contributed by atoms with van der Waals surface area (Å²) in [4.78, 5) is 22.8. The van der Waals surface area contributed by atoms with Crippen LogP contribution in [0.1, 0.15) is 9.67 Å². The third-order valence-electron chi connectivity index (χ3n) is 1.55. The molecule has 0 saturated carbocycles. The largest absolute Gasteiger partial charge is 0.358 e. The van der Waals surface area contributed by atoms with Crippen LogP contribution >= 0.6 is 45.5 Å². The van der Waals surface area contributed by atoms with Crippen LogP contribution in [0.4, 0.5) is 0 Å². The summed E-state index contributed by atoms with van der Waals surface area (Å²) in [6.45, 7) is -0.0415. The van der Waals surface area contributed by atoms with Crippen LogP contribution in [0.2, 0.25) is 5.02 Å². The molecule has 2 N–H and O–H groups in total. The third-order valence-corrected chi connectivity index (χ3v) is 3.86. The van der Waals surface area contributed by atoms with Crippen molar-refractivity contribution in [1.29, 1.82) is 0 Å². The fourth-order valence-electron chi connectivity index (χ4n) is 0.825. The Bertz CT molecular complexity index is 394. The Morgan fingerprint density at radius 3 is 2.73 bits per heavy atom. The van der Waals surface area contributed by atoms with Crippen molar-refractivity contribution in [2.75, 3.05) is 13.6 Å². The lowest BCUT2D eigenvalue weighted by Crippen LogP contribution is -2.34. The fraction of sp³-hybridized carbons (Fsp3) is 0.250. The van der Waals surface area contributed by atoms with E-state index in [0.717, 1.165) is 2.88 Å². The summed E-state index contributed by atoms with van der Waals surface area (Å²) in [5.41, 5.74) is 0. The molecular formula is C8H8ClIN2O2S. The zero-order valence-electron chi connectivity index (χ0n) is 7.77. The minimum absolute atomic E-state index is 0.0415. The molecule has 0 aromatic carbocycles. The SMILES string of the molecule is CNC(=O)CNC(=O)c1sc(I)cc1Cl. The van der Waals surface area contributed by atoms with Crippen molar-refractivity contribution in [3.05, 3.63) is 18.9 Å². The van der Waals surface area contributed by atoms with Gasteiger partial charge in [-0.3, -0.25) is 9.59 Å². The molecule has 0 saturated heterocycles. The van der Waals surface area contributed by atoms with Crippen molar-refractivity contribution in [3.8, 4) is 0 Å². The summed E-state index contributed by atoms with van der Waals surface area (Å²) in [6, 6.07) is 1.71. The monoisotopic (exact) mass is 358 g/mol. The van der Waals surface area contributed by atoms with Crippen LogP contribution in [0.25, 0.3) is 0 Å². The van der Waals surface area contributed by atoms with Crippen LogP contribution in [0.15, 0.2) is 6.07 Å². The second-order valence-corrected chi connectivity index (χ2v) is 5.94. The van der Waals surface area contributed by atoms with Crippen LogP contribution < -0.4 is 10.6 Å². The highest BCUT2D eigenvalue weighted by molar-refractivity contribution is 14.1. The van der Waals surface area contributed by atoms with Crippen LogP contribution in [-0.2, 0) is 4.79 Å². The molecule has 0 aliphatic heterocycles. The van der Waals surface area contributed by atoms with Crippen LogP contribution in [-0.4, -0.2) is 25.4 Å². The Hall–Kier alpha value is -0.340. The van der Waals surface area contributed by atoms with Crippen molar-refractivity contribution in [2.24, 2.45) is 0 Å². The molecule has 0 atom stereocenters. The highest BCUT2D eigenvalue weighted by atomic mass is 127. The second kappa shape index (κ2) is 5.66. The third kappa shape index (κ3) is 3.62. The van der Waals surface area contributed by atoms with Gasteiger partial charge in [0.05, 0.1) is 14.5 Å². The molecule has 82 valence electrons. The van der Waals surface area contributed by atoms with Gasteiger partial charge >= 0.3 is 0 Å². The fourth-order valence-corrected chi connectivity index (χ4v) is 3.05. The lowest BCUT2D eigenvalue weighted by Gasteiger charge is -2.02. The summed E-state index contributed by atoms with van der Waals surface area (Å²) in [6.07, 6.45) is 0. The number of carbonyl (C=O) groups is 2. The molecule has 1 heterocycles. The quantitative estimate of drug-likeness (QED) is 0.804. The number of nitrogens with one attached hydrogen (secondary N) is 2. The summed E-state index contributed by atoms with van der Waals surface area (Å²) in [7, 11) is 1.51. The lowest BCUT2D eigenvalue weighted by atomic mass is 10.4. The molecule has 1 aromatic heterocycles. The van der Waals surface area contributed by atoms with Crippen molar-refractivity contribution < 1.29 is 9.59 Å². The minimum atomic E-state index is -0.323. The van der Waals surface area contributed by atoms with Crippen molar-refractivity contribution >= 4 is 57.3 Å². The average Bonchev–Trinajstić information content (AvgIpc) is 2.53. The van der Waals surface area contributed by atoms with Gasteiger partial charge in [0.1, 0.15) is 4.88 Å². The van der Waals surface area contributed by atoms with E-state index in [2.05, 4.69) is 33.2 Å². The number of carbonyl (C=O) groups excluding carboxylic acids is 2. The molecule has 0 bridgehead atoms. The first-order valence-electron chi connectivity index (χ1n) is 3.98. The zero-order chi connectivity index (χ0) is 11.4. The highest BCUT2D eigenvalue weighted by Crippen LogP contribution is 2.27. The molecule has 0 fully saturated rings. The summed E-state index contributed by atoms with van der Waals surface area (Å²) in [5.74, 6) is -0.567. The Kier molecular flexibility index (Phi) is 4.81. The van der Waals surface area contributed by atoms with E-state index in [1.807, 2.05) is 0 Å². The molecule has 7 heteroatoms. The van der Waals surface area contributed by atoms with Gasteiger partial charge < -0.3 is 10.6 Å². The Labute approximate surface area is 110 Å². The Balaban J connectivity index is 2.61. The van der Waals surface area contributed by atoms with Crippen molar-refractivity contribution in [3.63, 3.8) is 0 Å². The molecule has 1 aromatic rings. The van der Waals surface area contributed by atoms with E-state index < -0.39 is 0 Å². The van der Waals surface area contributed by atoms with Gasteiger partial charge in [-0.1, -0.05) is 11.6 Å². The van der Waals surface area contributed by atoms with Gasteiger partial charge in [0.15, 0.2) is 0 Å². The van der Waals surface area contributed by atoms with Crippen molar-refractivity contribution in [1.82, 2.24) is 10.6 Å². The number of hydrogen-bond acceptors (Lipinski definition) is 3. The predicted molar refractivity (Wildman–Crippen MR) is 68.4 cm³/mol. The molecule has 2 amide bonds. The Morgan fingerprint density at radius 2 is 2.27 bits per heavy atom. The summed E-state index contributed by atoms with van der Waals surface area (Å²) in [5, 5.41) is 5.30. The first-order chi connectivity index (χ1) is 7.04. The molecule has 4 nitrogen and oxygen atoms in total. The van der Waals surface area contributed by atoms with Gasteiger partial charge in [0.2, 0.25) is 5.91 Å². The number of halogens is 2. The first-order valence-corrected chi connectivity index (χ1v) is 6.25. The molecular weight excluding hydrogens is 351 g/mol. The molecule has 0 unspecified atom stereocenters. The number of hydrogen-bond donors (Lipinski definition) is 2. The van der Waals surface area contributed by atoms with Crippen LogP contribution in [0.5, 0.6) is 0 Å². The van der Waals surface area contributed by atoms with Crippen LogP contribution in [0, 0.1) is 2.88 Å². The van der Waals surface area contributed by atoms with E-state index in [9.17, 15) is 9.59 Å². The Morgan fingerprint density at radius 1 is 1.60 bits per heavy atom. The normalized spacial score (nSPS) is 9.80. The smallest absolute Gasteiger partial charge is 0.263 e. The second-order valence-electron chi connectivity index (χ2n) is 2.58. The summed E-state index contributed by atoms with van der Waals surface area (Å²) >= 11 is 9.21. The van der Waals surface area contributed by atoms with Gasteiger partial charge in [-0.15, -0.1) is 11.3 Å². The number of likely N-dealkylation sites (N-methyl/N-ethyl adjacent to an activating group) is 1. The maximum Gasteiger partial charge on any atom is 0.263 e. The zero-order valence-corrected chi connectivity index (χ0v) is 11.5. The van der Waals surface area contributed by atoms with E-state index in [1.165, 1.54) is 18.4 Å². The molecule has 0 aliphatic rings. The molecule has 1 rings (SSSR count). The molecule has 0 aliphatic carbocycles. The number of thiophene rings is 1. The summed E-state index contributed by atoms with van der Waals surface area (Å²) < 4.78 is 0.933. The van der Waals surface area contributed by atoms with E-state index in [1.54, 1.807) is 6.07 Å². The molecule has 0 spiro atoms. The predicted octanol–water partition coefficient (Wildman–Crippen LogP) is 1.48. The van der Waals surface area contributed by atoms with Gasteiger partial charge in [0, 0.05) is 7.05 Å². The van der Waals surface area contributed by atoms with Gasteiger partial charge in [-0.2, -0.15) is 0 Å². The number of amides is 2. The molecule has 15 heavy (non-hydrogen) atoms. The first kappa shape index (κ1) is 12.7. The van der Waals surface area contributed by atoms with Gasteiger partial charge in [-0.05, 0) is 28.7 Å². The lowest BCUT2D eigenvalue weighted by molar-refractivity contribution is -0.119. The van der Waals surface area contributed by atoms with E-state index >= 15 is 0 Å². The van der Waals surface area contributed by atoms with Gasteiger partial charge in [0.25, 0.3) is 5.91 Å². The standard InChI is InChI=1S/C8H8ClIN2O2S/c1-11-6(13)3-12-8(14)7-4(9)2-5(10)15-7/h2H,3H2,1H3,(H,11,13)(H,12,14). The average molecular weight is 359 g/mol. The van der Waals surface area contributed by atoms with E-state index in [-0.39, 0.29) is 18.4 Å². The van der Waals surface area contributed by atoms with Crippen molar-refractivity contribution in [2.45, 2.75) is 0 Å². The number of rotatable bonds is 3. The highest BCUT2D eigenvalue weighted by Gasteiger charge is 2.14. The molecule has 0 radical (unpaired) electrons. The van der Waals surface area contributed by atoms with Crippen LogP contribution in [0.3, 0.4) is 0 Å².